The van der Waals surface area contributed by atoms with Crippen LogP contribution in [-0.4, -0.2) is 10.2 Å². The van der Waals surface area contributed by atoms with Crippen molar-refractivity contribution in [3.63, 3.8) is 0 Å². The van der Waals surface area contributed by atoms with E-state index in [0.29, 0.717) is 17.9 Å². The first kappa shape index (κ1) is 10.6. The number of rotatable bonds is 3. The van der Waals surface area contributed by atoms with Crippen LogP contribution in [0.2, 0.25) is 0 Å². The number of aromatic nitrogens is 2. The lowest BCUT2D eigenvalue weighted by Crippen LogP contribution is -2.04. The third-order valence-corrected chi connectivity index (χ3v) is 3.16. The van der Waals surface area contributed by atoms with Gasteiger partial charge < -0.3 is 5.32 Å². The summed E-state index contributed by atoms with van der Waals surface area (Å²) in [5, 5.41) is 23.8. The minimum absolute atomic E-state index is 0.517. The first-order valence-electron chi connectivity index (χ1n) is 4.78. The molecule has 0 aromatic carbocycles. The summed E-state index contributed by atoms with van der Waals surface area (Å²) < 4.78 is 0. The predicted molar refractivity (Wildman–Crippen MR) is 63.1 cm³/mol. The third kappa shape index (κ3) is 2.18. The van der Waals surface area contributed by atoms with Crippen LogP contribution in [-0.2, 0) is 6.54 Å². The van der Waals surface area contributed by atoms with Crippen molar-refractivity contribution in [2.75, 3.05) is 5.32 Å². The number of aryl methyl sites for hydroxylation is 1. The van der Waals surface area contributed by atoms with Crippen LogP contribution in [0.15, 0.2) is 23.0 Å². The molecule has 5 heteroatoms. The van der Waals surface area contributed by atoms with Gasteiger partial charge in [-0.1, -0.05) is 0 Å². The molecule has 2 heterocycles. The highest BCUT2D eigenvalue weighted by Gasteiger charge is 2.04. The van der Waals surface area contributed by atoms with Crippen molar-refractivity contribution in [1.82, 2.24) is 10.2 Å². The minimum atomic E-state index is 0.517. The Kier molecular flexibility index (Phi) is 3.13. The van der Waals surface area contributed by atoms with Gasteiger partial charge in [-0.25, -0.2) is 0 Å². The fraction of sp³-hybridized carbons (Fsp3) is 0.182. The fourth-order valence-corrected chi connectivity index (χ4v) is 2.16. The normalized spacial score (nSPS) is 9.75. The van der Waals surface area contributed by atoms with E-state index < -0.39 is 0 Å². The number of hydrogen-bond donors (Lipinski definition) is 1. The number of nitrogens with one attached hydrogen (secondary N) is 1. The Hall–Kier alpha value is -1.93. The minimum Gasteiger partial charge on any atom is -0.363 e. The van der Waals surface area contributed by atoms with Crippen molar-refractivity contribution in [2.45, 2.75) is 13.5 Å². The maximum Gasteiger partial charge on any atom is 0.166 e. The number of hydrogen-bond acceptors (Lipinski definition) is 5. The maximum absolute atomic E-state index is 8.87. The van der Waals surface area contributed by atoms with Gasteiger partial charge in [0.1, 0.15) is 6.07 Å². The van der Waals surface area contributed by atoms with E-state index in [1.54, 1.807) is 17.4 Å². The summed E-state index contributed by atoms with van der Waals surface area (Å²) in [6.45, 7) is 2.73. The van der Waals surface area contributed by atoms with Crippen molar-refractivity contribution >= 4 is 17.2 Å². The summed E-state index contributed by atoms with van der Waals surface area (Å²) in [5.74, 6) is 0.538. The Morgan fingerprint density at radius 2 is 2.38 bits per heavy atom. The van der Waals surface area contributed by atoms with E-state index in [-0.39, 0.29) is 0 Å². The van der Waals surface area contributed by atoms with Gasteiger partial charge in [-0.15, -0.1) is 5.10 Å². The zero-order valence-electron chi connectivity index (χ0n) is 8.77. The zero-order chi connectivity index (χ0) is 11.4. The standard InChI is InChI=1S/C11H10N4S/c1-8-6-16-7-10(8)5-13-11-9(4-12)2-3-14-15-11/h2-3,6-7H,5H2,1H3,(H,13,15). The number of nitrogens with zero attached hydrogens (tertiary/aromatic N) is 3. The van der Waals surface area contributed by atoms with Gasteiger partial charge in [0.2, 0.25) is 0 Å². The van der Waals surface area contributed by atoms with E-state index in [1.165, 1.54) is 17.3 Å². The second-order valence-corrected chi connectivity index (χ2v) is 4.08. The smallest absolute Gasteiger partial charge is 0.166 e. The van der Waals surface area contributed by atoms with E-state index in [2.05, 4.69) is 39.3 Å². The molecule has 80 valence electrons. The van der Waals surface area contributed by atoms with Gasteiger partial charge in [0.15, 0.2) is 5.82 Å². The van der Waals surface area contributed by atoms with Crippen LogP contribution in [0, 0.1) is 18.3 Å². The fourth-order valence-electron chi connectivity index (χ4n) is 1.30. The molecule has 0 fully saturated rings. The topological polar surface area (TPSA) is 61.6 Å². The van der Waals surface area contributed by atoms with Gasteiger partial charge in [-0.05, 0) is 34.9 Å². The molecule has 0 unspecified atom stereocenters. The molecule has 2 aromatic rings. The van der Waals surface area contributed by atoms with Crippen LogP contribution in [0.5, 0.6) is 0 Å². The number of thiophene rings is 1. The van der Waals surface area contributed by atoms with Crippen LogP contribution in [0.1, 0.15) is 16.7 Å². The van der Waals surface area contributed by atoms with Gasteiger partial charge >= 0.3 is 0 Å². The summed E-state index contributed by atoms with van der Waals surface area (Å²) >= 11 is 1.67. The summed E-state index contributed by atoms with van der Waals surface area (Å²) in [4.78, 5) is 0. The van der Waals surface area contributed by atoms with Crippen LogP contribution in [0.3, 0.4) is 0 Å². The summed E-state index contributed by atoms with van der Waals surface area (Å²) in [5.41, 5.74) is 2.99. The summed E-state index contributed by atoms with van der Waals surface area (Å²) in [6, 6.07) is 3.73. The molecule has 1 N–H and O–H groups in total. The predicted octanol–water partition coefficient (Wildman–Crippen LogP) is 2.33. The van der Waals surface area contributed by atoms with Gasteiger partial charge in [-0.3, -0.25) is 0 Å². The van der Waals surface area contributed by atoms with Crippen molar-refractivity contribution in [2.24, 2.45) is 0 Å². The highest BCUT2D eigenvalue weighted by molar-refractivity contribution is 7.08. The van der Waals surface area contributed by atoms with Gasteiger partial charge in [0.05, 0.1) is 11.8 Å². The first-order chi connectivity index (χ1) is 7.81. The highest BCUT2D eigenvalue weighted by atomic mass is 32.1. The van der Waals surface area contributed by atoms with E-state index in [4.69, 9.17) is 5.26 Å². The van der Waals surface area contributed by atoms with Crippen molar-refractivity contribution in [1.29, 1.82) is 5.26 Å². The van der Waals surface area contributed by atoms with Crippen molar-refractivity contribution in [3.8, 4) is 6.07 Å². The average Bonchev–Trinajstić information content (AvgIpc) is 2.72. The monoisotopic (exact) mass is 230 g/mol. The first-order valence-corrected chi connectivity index (χ1v) is 5.73. The molecule has 0 saturated heterocycles. The maximum atomic E-state index is 8.87. The Morgan fingerprint density at radius 1 is 1.50 bits per heavy atom. The number of nitriles is 1. The second-order valence-electron chi connectivity index (χ2n) is 3.34. The lowest BCUT2D eigenvalue weighted by Gasteiger charge is -2.05. The molecule has 0 aliphatic carbocycles. The third-order valence-electron chi connectivity index (χ3n) is 2.25. The zero-order valence-corrected chi connectivity index (χ0v) is 9.58. The molecule has 0 saturated carbocycles. The Labute approximate surface area is 97.6 Å². The van der Waals surface area contributed by atoms with Gasteiger partial charge in [0.25, 0.3) is 0 Å². The molecular formula is C11H10N4S. The Morgan fingerprint density at radius 3 is 3.06 bits per heavy atom. The Bertz CT molecular complexity index is 527. The molecule has 0 aliphatic rings. The van der Waals surface area contributed by atoms with Crippen LogP contribution in [0.25, 0.3) is 0 Å². The molecule has 2 aromatic heterocycles. The highest BCUT2D eigenvalue weighted by Crippen LogP contribution is 2.16. The van der Waals surface area contributed by atoms with Crippen LogP contribution >= 0.6 is 11.3 Å². The second kappa shape index (κ2) is 4.73. The quantitative estimate of drug-likeness (QED) is 0.879. The molecule has 4 nitrogen and oxygen atoms in total. The lowest BCUT2D eigenvalue weighted by molar-refractivity contribution is 0.993. The van der Waals surface area contributed by atoms with E-state index >= 15 is 0 Å². The molecule has 0 amide bonds. The molecule has 0 radical (unpaired) electrons. The van der Waals surface area contributed by atoms with Crippen molar-refractivity contribution in [3.05, 3.63) is 39.7 Å². The largest absolute Gasteiger partial charge is 0.363 e. The van der Waals surface area contributed by atoms with Crippen LogP contribution < -0.4 is 5.32 Å². The SMILES string of the molecule is Cc1cscc1CNc1nnccc1C#N. The lowest BCUT2D eigenvalue weighted by atomic mass is 10.2. The van der Waals surface area contributed by atoms with Crippen LogP contribution in [0.4, 0.5) is 5.82 Å². The van der Waals surface area contributed by atoms with Gasteiger partial charge in [-0.2, -0.15) is 21.7 Å². The van der Waals surface area contributed by atoms with E-state index in [0.717, 1.165) is 0 Å². The molecule has 0 bridgehead atoms. The Balaban J connectivity index is 2.11. The molecule has 2 rings (SSSR count). The summed E-state index contributed by atoms with van der Waals surface area (Å²) in [6.07, 6.45) is 1.51. The van der Waals surface area contributed by atoms with E-state index in [1.807, 2.05) is 0 Å². The number of anilines is 1. The van der Waals surface area contributed by atoms with E-state index in [9.17, 15) is 0 Å². The molecule has 0 aliphatic heterocycles. The summed E-state index contributed by atoms with van der Waals surface area (Å²) in [7, 11) is 0. The molecule has 16 heavy (non-hydrogen) atoms. The molecule has 0 atom stereocenters. The molecular weight excluding hydrogens is 220 g/mol. The molecule has 0 spiro atoms. The average molecular weight is 230 g/mol. The van der Waals surface area contributed by atoms with Gasteiger partial charge in [0, 0.05) is 6.54 Å². The van der Waals surface area contributed by atoms with Crippen molar-refractivity contribution < 1.29 is 0 Å².